The largest absolute Gasteiger partial charge is 0.459 e. The quantitative estimate of drug-likeness (QED) is 0.104. The lowest BCUT2D eigenvalue weighted by molar-refractivity contribution is -0.269. The van der Waals surface area contributed by atoms with Crippen LogP contribution in [0.5, 0.6) is 0 Å². The van der Waals surface area contributed by atoms with Crippen LogP contribution >= 0.6 is 0 Å². The Morgan fingerprint density at radius 1 is 0.717 bits per heavy atom. The Morgan fingerprint density at radius 2 is 1.23 bits per heavy atom. The summed E-state index contributed by atoms with van der Waals surface area (Å²) in [5.41, 5.74) is 0.587. The van der Waals surface area contributed by atoms with E-state index in [1.807, 2.05) is 0 Å². The first kappa shape index (κ1) is 38.3. The van der Waals surface area contributed by atoms with Crippen LogP contribution in [0.25, 0.3) is 0 Å². The summed E-state index contributed by atoms with van der Waals surface area (Å²) in [5.74, 6) is -4.83. The Kier molecular flexibility index (Phi) is 13.4. The fourth-order valence-electron chi connectivity index (χ4n) is 5.57. The summed E-state index contributed by atoms with van der Waals surface area (Å²) >= 11 is 0. The third-order valence-corrected chi connectivity index (χ3v) is 8.17. The van der Waals surface area contributed by atoms with Crippen molar-refractivity contribution in [3.05, 3.63) is 108 Å². The fourth-order valence-corrected chi connectivity index (χ4v) is 5.57. The number of rotatable bonds is 15. The highest BCUT2D eigenvalue weighted by Crippen LogP contribution is 2.30. The topological polar surface area (TPSA) is 190 Å². The number of imide groups is 1. The Hall–Kier alpha value is -5.93. The maximum absolute atomic E-state index is 13.5. The Bertz CT molecular complexity index is 1750. The number of benzene rings is 3. The van der Waals surface area contributed by atoms with Gasteiger partial charge in [0.05, 0.1) is 16.7 Å². The second-order valence-corrected chi connectivity index (χ2v) is 12.1. The van der Waals surface area contributed by atoms with E-state index in [1.165, 1.54) is 31.2 Å². The summed E-state index contributed by atoms with van der Waals surface area (Å²) in [6.45, 7) is 0.694. The molecular formula is C38H38N2O13. The van der Waals surface area contributed by atoms with Crippen LogP contribution in [0.4, 0.5) is 0 Å². The minimum atomic E-state index is -1.43. The van der Waals surface area contributed by atoms with E-state index in [9.17, 15) is 33.6 Å². The van der Waals surface area contributed by atoms with Crippen LogP contribution in [0.15, 0.2) is 91.0 Å². The van der Waals surface area contributed by atoms with Gasteiger partial charge in [0, 0.05) is 32.8 Å². The maximum atomic E-state index is 13.5. The van der Waals surface area contributed by atoms with Crippen molar-refractivity contribution in [1.29, 1.82) is 0 Å². The molecule has 0 aromatic heterocycles. The average molecular weight is 731 g/mol. The van der Waals surface area contributed by atoms with E-state index in [2.05, 4.69) is 5.32 Å². The molecule has 2 fully saturated rings. The van der Waals surface area contributed by atoms with E-state index in [0.29, 0.717) is 5.06 Å². The molecule has 5 atom stereocenters. The number of hydroxylamine groups is 2. The lowest BCUT2D eigenvalue weighted by Gasteiger charge is -2.45. The van der Waals surface area contributed by atoms with Gasteiger partial charge in [0.2, 0.25) is 5.91 Å². The van der Waals surface area contributed by atoms with Gasteiger partial charge in [-0.2, -0.15) is 0 Å². The van der Waals surface area contributed by atoms with Crippen molar-refractivity contribution in [2.24, 2.45) is 0 Å². The van der Waals surface area contributed by atoms with Crippen LogP contribution < -0.4 is 5.32 Å². The van der Waals surface area contributed by atoms with E-state index in [4.69, 9.17) is 28.5 Å². The molecule has 53 heavy (non-hydrogen) atoms. The van der Waals surface area contributed by atoms with Crippen LogP contribution in [-0.4, -0.2) is 90.5 Å². The van der Waals surface area contributed by atoms with Crippen molar-refractivity contribution < 1.29 is 62.1 Å². The molecule has 0 unspecified atom stereocenters. The smallest absolute Gasteiger partial charge is 0.338 e. The van der Waals surface area contributed by atoms with Crippen molar-refractivity contribution >= 4 is 41.6 Å². The molecule has 2 saturated heterocycles. The van der Waals surface area contributed by atoms with Gasteiger partial charge in [-0.3, -0.25) is 14.4 Å². The van der Waals surface area contributed by atoms with Gasteiger partial charge in [-0.1, -0.05) is 54.6 Å². The number of ether oxygens (including phenoxy) is 5. The van der Waals surface area contributed by atoms with Crippen LogP contribution in [-0.2, 0) is 47.7 Å². The minimum absolute atomic E-state index is 0.0305. The standard InChI is InChI=1S/C38H38N2O13/c1-24(41)39-32-34(52-37(47)27-17-9-4-10-18-27)33(51-36(46)26-15-7-3-8-16-26)28(23-49-35(45)25-13-5-2-6-14-25)50-38(32)48-22-12-11-19-31(44)53-40-29(42)20-21-30(40)43/h2-10,13-18,28,32-34,38H,11-12,19-23H2,1H3,(H,39,41)/t28-,32-,33+,34-,38-/m1/s1. The number of hydrogen-bond donors (Lipinski definition) is 1. The van der Waals surface area contributed by atoms with E-state index in [0.717, 1.165) is 0 Å². The van der Waals surface area contributed by atoms with Gasteiger partial charge < -0.3 is 33.8 Å². The average Bonchev–Trinajstić information content (AvgIpc) is 3.48. The van der Waals surface area contributed by atoms with Gasteiger partial charge in [-0.05, 0) is 49.2 Å². The number of nitrogens with zero attached hydrogens (tertiary/aromatic N) is 1. The zero-order chi connectivity index (χ0) is 37.7. The van der Waals surface area contributed by atoms with E-state index in [1.54, 1.807) is 66.7 Å². The van der Waals surface area contributed by atoms with Crippen LogP contribution in [0.1, 0.15) is 70.1 Å². The Labute approximate surface area is 304 Å². The Morgan fingerprint density at radius 3 is 1.75 bits per heavy atom. The first-order valence-electron chi connectivity index (χ1n) is 17.0. The third kappa shape index (κ3) is 10.6. The normalized spacial score (nSPS) is 21.0. The van der Waals surface area contributed by atoms with Crippen molar-refractivity contribution in [3.63, 3.8) is 0 Å². The number of hydrogen-bond acceptors (Lipinski definition) is 13. The summed E-state index contributed by atoms with van der Waals surface area (Å²) in [5, 5.41) is 3.16. The molecular weight excluding hydrogens is 692 g/mol. The predicted molar refractivity (Wildman–Crippen MR) is 181 cm³/mol. The molecule has 1 N–H and O–H groups in total. The molecule has 3 aromatic carbocycles. The molecule has 0 saturated carbocycles. The van der Waals surface area contributed by atoms with Gasteiger partial charge in [0.25, 0.3) is 11.8 Å². The minimum Gasteiger partial charge on any atom is -0.459 e. The SMILES string of the molecule is CC(=O)N[C@H]1[C@H](OCCCCC(=O)ON2C(=O)CCC2=O)O[C@H](COC(=O)c2ccccc2)[C@H](OC(=O)c2ccccc2)[C@@H]1OC(=O)c1ccccc1. The fraction of sp³-hybridized carbons (Fsp3) is 0.342. The van der Waals surface area contributed by atoms with Gasteiger partial charge in [0.15, 0.2) is 18.5 Å². The van der Waals surface area contributed by atoms with Gasteiger partial charge >= 0.3 is 23.9 Å². The molecule has 3 aromatic rings. The number of carbonyl (C=O) groups is 7. The molecule has 2 heterocycles. The van der Waals surface area contributed by atoms with Crippen molar-refractivity contribution in [1.82, 2.24) is 10.4 Å². The first-order valence-corrected chi connectivity index (χ1v) is 17.0. The second kappa shape index (κ2) is 18.5. The van der Waals surface area contributed by atoms with E-state index < -0.39 is 78.8 Å². The molecule has 2 aliphatic rings. The molecule has 0 spiro atoms. The highest BCUT2D eigenvalue weighted by atomic mass is 16.7. The zero-order valence-electron chi connectivity index (χ0n) is 28.8. The number of nitrogens with one attached hydrogen (secondary N) is 1. The molecule has 278 valence electrons. The molecule has 3 amide bonds. The number of amides is 3. The highest BCUT2D eigenvalue weighted by Gasteiger charge is 2.52. The molecule has 15 heteroatoms. The van der Waals surface area contributed by atoms with Crippen molar-refractivity contribution in [3.8, 4) is 0 Å². The Balaban J connectivity index is 1.37. The van der Waals surface area contributed by atoms with Gasteiger partial charge in [0.1, 0.15) is 18.8 Å². The summed E-state index contributed by atoms with van der Waals surface area (Å²) in [7, 11) is 0. The van der Waals surface area contributed by atoms with E-state index in [-0.39, 0.29) is 55.4 Å². The summed E-state index contributed by atoms with van der Waals surface area (Å²) in [4.78, 5) is 93.2. The van der Waals surface area contributed by atoms with Crippen LogP contribution in [0.3, 0.4) is 0 Å². The molecule has 15 nitrogen and oxygen atoms in total. The lowest BCUT2D eigenvalue weighted by Crippen LogP contribution is -2.66. The highest BCUT2D eigenvalue weighted by molar-refractivity contribution is 6.01. The third-order valence-electron chi connectivity index (χ3n) is 8.17. The first-order chi connectivity index (χ1) is 25.6. The van der Waals surface area contributed by atoms with Gasteiger partial charge in [-0.25, -0.2) is 19.2 Å². The number of esters is 3. The summed E-state index contributed by atoms with van der Waals surface area (Å²) < 4.78 is 29.8. The summed E-state index contributed by atoms with van der Waals surface area (Å²) in [6.07, 6.45) is -5.21. The van der Waals surface area contributed by atoms with Crippen LogP contribution in [0, 0.1) is 0 Å². The lowest BCUT2D eigenvalue weighted by atomic mass is 9.95. The number of carbonyl (C=O) groups excluding carboxylic acids is 7. The summed E-state index contributed by atoms with van der Waals surface area (Å²) in [6, 6.07) is 22.9. The molecule has 2 aliphatic heterocycles. The molecule has 5 rings (SSSR count). The van der Waals surface area contributed by atoms with Crippen molar-refractivity contribution in [2.45, 2.75) is 69.7 Å². The van der Waals surface area contributed by atoms with E-state index >= 15 is 0 Å². The monoisotopic (exact) mass is 730 g/mol. The maximum Gasteiger partial charge on any atom is 0.338 e. The van der Waals surface area contributed by atoms with Gasteiger partial charge in [-0.15, -0.1) is 5.06 Å². The predicted octanol–water partition coefficient (Wildman–Crippen LogP) is 3.32. The molecule has 0 bridgehead atoms. The molecule has 0 radical (unpaired) electrons. The molecule has 0 aliphatic carbocycles. The number of unbranched alkanes of at least 4 members (excludes halogenated alkanes) is 1. The zero-order valence-corrected chi connectivity index (χ0v) is 28.8. The second-order valence-electron chi connectivity index (χ2n) is 12.1. The van der Waals surface area contributed by atoms with Crippen molar-refractivity contribution in [2.75, 3.05) is 13.2 Å². The van der Waals surface area contributed by atoms with Crippen LogP contribution in [0.2, 0.25) is 0 Å².